The zero-order chi connectivity index (χ0) is 10.3. The lowest BCUT2D eigenvalue weighted by Gasteiger charge is -2.06. The first-order valence-corrected chi connectivity index (χ1v) is 6.43. The fourth-order valence-corrected chi connectivity index (χ4v) is 1.28. The Hall–Kier alpha value is -0.0600. The van der Waals surface area contributed by atoms with Gasteiger partial charge in [0.15, 0.2) is 5.78 Å². The molecule has 0 heterocycles. The van der Waals surface area contributed by atoms with Crippen LogP contribution in [0.25, 0.3) is 0 Å². The van der Waals surface area contributed by atoms with E-state index < -0.39 is 6.72 Å². The molecule has 0 unspecified atom stereocenters. The standard InChI is InChI=1S/C7H13O4PS/c1-2-7(8)5-3-4-6-11-12(9,10)13/h2H,1,3-6H2,(H2,9,10,13). The molecule has 0 amide bonds. The van der Waals surface area contributed by atoms with E-state index >= 15 is 0 Å². The molecule has 0 radical (unpaired) electrons. The van der Waals surface area contributed by atoms with Crippen molar-refractivity contribution in [1.29, 1.82) is 0 Å². The van der Waals surface area contributed by atoms with Gasteiger partial charge in [0.1, 0.15) is 0 Å². The molecule has 0 saturated heterocycles. The molecule has 0 aliphatic heterocycles. The highest BCUT2D eigenvalue weighted by molar-refractivity contribution is 8.06. The number of ketones is 1. The summed E-state index contributed by atoms with van der Waals surface area (Å²) in [6.45, 7) is -0.00622. The first kappa shape index (κ1) is 12.9. The van der Waals surface area contributed by atoms with E-state index in [1.807, 2.05) is 0 Å². The maximum absolute atomic E-state index is 10.7. The largest absolute Gasteiger partial charge is 0.325 e. The second kappa shape index (κ2) is 6.40. The summed E-state index contributed by atoms with van der Waals surface area (Å²) < 4.78 is 4.54. The molecule has 6 heteroatoms. The molecule has 0 aliphatic rings. The molecular formula is C7H13O4PS. The molecule has 0 aromatic carbocycles. The molecule has 4 nitrogen and oxygen atoms in total. The molecular weight excluding hydrogens is 211 g/mol. The summed E-state index contributed by atoms with van der Waals surface area (Å²) in [6, 6.07) is 0. The van der Waals surface area contributed by atoms with Gasteiger partial charge in [-0.3, -0.25) is 4.79 Å². The van der Waals surface area contributed by atoms with Crippen molar-refractivity contribution in [3.05, 3.63) is 12.7 Å². The number of unbranched alkanes of at least 4 members (excludes halogenated alkanes) is 1. The van der Waals surface area contributed by atoms with E-state index in [2.05, 4.69) is 22.9 Å². The summed E-state index contributed by atoms with van der Waals surface area (Å²) >= 11 is 4.23. The Morgan fingerprint density at radius 2 is 2.15 bits per heavy atom. The fraction of sp³-hybridized carbons (Fsp3) is 0.571. The average Bonchev–Trinajstić information content (AvgIpc) is 2.01. The number of carbonyl (C=O) groups is 1. The van der Waals surface area contributed by atoms with E-state index in [-0.39, 0.29) is 12.4 Å². The number of carbonyl (C=O) groups excluding carboxylic acids is 1. The number of hydrogen-bond donors (Lipinski definition) is 2. The monoisotopic (exact) mass is 224 g/mol. The Morgan fingerprint density at radius 1 is 1.54 bits per heavy atom. The van der Waals surface area contributed by atoms with Crippen LogP contribution in [0.5, 0.6) is 0 Å². The topological polar surface area (TPSA) is 66.8 Å². The Labute approximate surface area is 82.5 Å². The van der Waals surface area contributed by atoms with Gasteiger partial charge in [0.05, 0.1) is 6.61 Å². The molecule has 0 aliphatic carbocycles. The minimum atomic E-state index is -3.51. The van der Waals surface area contributed by atoms with Crippen LogP contribution in [0.3, 0.4) is 0 Å². The fourth-order valence-electron chi connectivity index (χ4n) is 0.687. The van der Waals surface area contributed by atoms with Gasteiger partial charge >= 0.3 is 6.72 Å². The van der Waals surface area contributed by atoms with Gasteiger partial charge in [-0.2, -0.15) is 0 Å². The van der Waals surface area contributed by atoms with Gasteiger partial charge in [0, 0.05) is 6.42 Å². The lowest BCUT2D eigenvalue weighted by Crippen LogP contribution is -1.95. The van der Waals surface area contributed by atoms with Gasteiger partial charge in [-0.05, 0) is 30.7 Å². The molecule has 2 N–H and O–H groups in total. The molecule has 76 valence electrons. The summed E-state index contributed by atoms with van der Waals surface area (Å²) in [5.41, 5.74) is 0. The molecule has 0 bridgehead atoms. The summed E-state index contributed by atoms with van der Waals surface area (Å²) in [5.74, 6) is -0.0209. The molecule has 0 aromatic rings. The third-order valence-electron chi connectivity index (χ3n) is 1.30. The quantitative estimate of drug-likeness (QED) is 0.385. The van der Waals surface area contributed by atoms with Crippen molar-refractivity contribution in [2.45, 2.75) is 19.3 Å². The van der Waals surface area contributed by atoms with Crippen molar-refractivity contribution in [1.82, 2.24) is 0 Å². The van der Waals surface area contributed by atoms with Crippen LogP contribution in [0.4, 0.5) is 0 Å². The summed E-state index contributed by atoms with van der Waals surface area (Å²) in [5, 5.41) is 0. The molecule has 0 atom stereocenters. The summed E-state index contributed by atoms with van der Waals surface area (Å²) in [4.78, 5) is 28.0. The smallest absolute Gasteiger partial charge is 0.321 e. The highest BCUT2D eigenvalue weighted by Gasteiger charge is 2.06. The second-order valence-electron chi connectivity index (χ2n) is 2.45. The Balaban J connectivity index is 3.32. The Bertz CT molecular complexity index is 223. The van der Waals surface area contributed by atoms with Gasteiger partial charge in [0.2, 0.25) is 0 Å². The number of rotatable bonds is 7. The first-order chi connectivity index (χ1) is 5.95. The lowest BCUT2D eigenvalue weighted by atomic mass is 10.2. The highest BCUT2D eigenvalue weighted by atomic mass is 32.5. The van der Waals surface area contributed by atoms with Gasteiger partial charge in [-0.15, -0.1) is 0 Å². The number of allylic oxidation sites excluding steroid dienone is 1. The van der Waals surface area contributed by atoms with Crippen molar-refractivity contribution < 1.29 is 19.1 Å². The zero-order valence-corrected chi connectivity index (χ0v) is 8.89. The molecule has 0 spiro atoms. The normalized spacial score (nSPS) is 11.2. The van der Waals surface area contributed by atoms with Crippen LogP contribution >= 0.6 is 6.72 Å². The van der Waals surface area contributed by atoms with Crippen molar-refractivity contribution in [3.63, 3.8) is 0 Å². The number of hydrogen-bond acceptors (Lipinski definition) is 3. The summed E-state index contributed by atoms with van der Waals surface area (Å²) in [6.07, 6.45) is 2.90. The predicted octanol–water partition coefficient (Wildman–Crippen LogP) is 1.14. The minimum absolute atomic E-state index is 0.0209. The van der Waals surface area contributed by atoms with Crippen LogP contribution in [-0.4, -0.2) is 22.2 Å². The highest BCUT2D eigenvalue weighted by Crippen LogP contribution is 2.36. The van der Waals surface area contributed by atoms with E-state index in [9.17, 15) is 4.79 Å². The maximum Gasteiger partial charge on any atom is 0.321 e. The van der Waals surface area contributed by atoms with Crippen molar-refractivity contribution in [2.24, 2.45) is 0 Å². The van der Waals surface area contributed by atoms with Crippen LogP contribution in [0.1, 0.15) is 19.3 Å². The third-order valence-corrected chi connectivity index (χ3v) is 2.14. The van der Waals surface area contributed by atoms with Crippen LogP contribution in [0.15, 0.2) is 12.7 Å². The molecule has 0 aromatic heterocycles. The predicted molar refractivity (Wildman–Crippen MR) is 53.7 cm³/mol. The van der Waals surface area contributed by atoms with Crippen molar-refractivity contribution in [3.8, 4) is 0 Å². The van der Waals surface area contributed by atoms with Gasteiger partial charge in [-0.25, -0.2) is 0 Å². The Kier molecular flexibility index (Phi) is 6.37. The van der Waals surface area contributed by atoms with Crippen LogP contribution in [0, 0.1) is 0 Å². The van der Waals surface area contributed by atoms with E-state index in [0.717, 1.165) is 0 Å². The van der Waals surface area contributed by atoms with Crippen LogP contribution in [0.2, 0.25) is 0 Å². The zero-order valence-electron chi connectivity index (χ0n) is 7.18. The van der Waals surface area contributed by atoms with E-state index in [1.54, 1.807) is 0 Å². The van der Waals surface area contributed by atoms with E-state index in [4.69, 9.17) is 9.79 Å². The SMILES string of the molecule is C=CC(=O)CCCCOP(O)(O)=S. The van der Waals surface area contributed by atoms with Crippen molar-refractivity contribution >= 4 is 24.3 Å². The van der Waals surface area contributed by atoms with Gasteiger partial charge in [0.25, 0.3) is 0 Å². The third kappa shape index (κ3) is 9.86. The van der Waals surface area contributed by atoms with Gasteiger partial charge in [-0.1, -0.05) is 6.58 Å². The van der Waals surface area contributed by atoms with Crippen LogP contribution in [-0.2, 0) is 21.1 Å². The Morgan fingerprint density at radius 3 is 2.62 bits per heavy atom. The molecule has 0 rings (SSSR count). The van der Waals surface area contributed by atoms with Crippen molar-refractivity contribution in [2.75, 3.05) is 6.61 Å². The second-order valence-corrected chi connectivity index (χ2v) is 5.12. The molecule has 0 saturated carbocycles. The maximum atomic E-state index is 10.7. The first-order valence-electron chi connectivity index (χ1n) is 3.81. The minimum Gasteiger partial charge on any atom is -0.325 e. The molecule has 13 heavy (non-hydrogen) atoms. The van der Waals surface area contributed by atoms with E-state index in [0.29, 0.717) is 19.3 Å². The average molecular weight is 224 g/mol. The van der Waals surface area contributed by atoms with E-state index in [1.165, 1.54) is 6.08 Å². The van der Waals surface area contributed by atoms with Gasteiger partial charge < -0.3 is 14.3 Å². The summed E-state index contributed by atoms with van der Waals surface area (Å²) in [7, 11) is 0. The lowest BCUT2D eigenvalue weighted by molar-refractivity contribution is -0.114. The van der Waals surface area contributed by atoms with Crippen LogP contribution < -0.4 is 0 Å². The molecule has 0 fully saturated rings.